The van der Waals surface area contributed by atoms with Gasteiger partial charge < -0.3 is 10.6 Å². The molecule has 6 heteroatoms. The molecule has 1 unspecified atom stereocenters. The van der Waals surface area contributed by atoms with E-state index in [9.17, 15) is 9.18 Å². The van der Waals surface area contributed by atoms with Crippen molar-refractivity contribution in [3.8, 4) is 0 Å². The molecule has 1 aromatic carbocycles. The number of amides is 2. The summed E-state index contributed by atoms with van der Waals surface area (Å²) in [4.78, 5) is 17.3. The lowest BCUT2D eigenvalue weighted by Crippen LogP contribution is -2.34. The van der Waals surface area contributed by atoms with Crippen molar-refractivity contribution in [3.63, 3.8) is 0 Å². The molecule has 0 radical (unpaired) electrons. The number of nitrogens with two attached hydrogens (primary N) is 1. The first-order chi connectivity index (χ1) is 9.06. The molecule has 100 valence electrons. The van der Waals surface area contributed by atoms with E-state index in [1.54, 1.807) is 17.0 Å². The standard InChI is InChI=1S/C13H13BrFN3O/c14-9-4-3-8(5-10(9)15)11-12(16)17-13(19)18(11)6-7-1-2-7/h3-5,7,11H,1-2,6H2,(H2,16,17,19). The second-order valence-electron chi connectivity index (χ2n) is 4.99. The van der Waals surface area contributed by atoms with Crippen molar-refractivity contribution >= 4 is 27.8 Å². The van der Waals surface area contributed by atoms with Crippen LogP contribution in [0.5, 0.6) is 0 Å². The fourth-order valence-corrected chi connectivity index (χ4v) is 2.55. The number of hydrogen-bond donors (Lipinski definition) is 1. The minimum absolute atomic E-state index is 0.243. The lowest BCUT2D eigenvalue weighted by molar-refractivity contribution is 0.203. The maximum Gasteiger partial charge on any atom is 0.346 e. The summed E-state index contributed by atoms with van der Waals surface area (Å²) in [7, 11) is 0. The number of aliphatic imine (C=N–C) groups is 1. The van der Waals surface area contributed by atoms with Gasteiger partial charge in [-0.2, -0.15) is 4.99 Å². The normalized spacial score (nSPS) is 22.8. The van der Waals surface area contributed by atoms with Crippen LogP contribution < -0.4 is 5.73 Å². The van der Waals surface area contributed by atoms with Gasteiger partial charge in [0.2, 0.25) is 0 Å². The molecular weight excluding hydrogens is 313 g/mol. The third-order valence-corrected chi connectivity index (χ3v) is 4.12. The number of carbonyl (C=O) groups is 1. The van der Waals surface area contributed by atoms with Crippen molar-refractivity contribution in [2.45, 2.75) is 18.9 Å². The Morgan fingerprint density at radius 3 is 2.84 bits per heavy atom. The summed E-state index contributed by atoms with van der Waals surface area (Å²) in [6.07, 6.45) is 2.26. The Bertz CT molecular complexity index is 571. The van der Waals surface area contributed by atoms with Crippen molar-refractivity contribution in [1.29, 1.82) is 0 Å². The van der Waals surface area contributed by atoms with Crippen molar-refractivity contribution in [2.24, 2.45) is 16.6 Å². The molecule has 1 aliphatic carbocycles. The molecule has 1 fully saturated rings. The number of halogens is 2. The summed E-state index contributed by atoms with van der Waals surface area (Å²) in [5, 5.41) is 0. The van der Waals surface area contributed by atoms with E-state index in [2.05, 4.69) is 20.9 Å². The SMILES string of the molecule is NC1=NC(=O)N(CC2CC2)C1c1ccc(Br)c(F)c1. The highest BCUT2D eigenvalue weighted by molar-refractivity contribution is 9.10. The first-order valence-corrected chi connectivity index (χ1v) is 6.95. The van der Waals surface area contributed by atoms with Gasteiger partial charge >= 0.3 is 6.03 Å². The second-order valence-corrected chi connectivity index (χ2v) is 5.85. The number of urea groups is 1. The van der Waals surface area contributed by atoms with Gasteiger partial charge in [-0.1, -0.05) is 6.07 Å². The van der Waals surface area contributed by atoms with E-state index in [1.807, 2.05) is 0 Å². The Labute approximate surface area is 118 Å². The highest BCUT2D eigenvalue weighted by Crippen LogP contribution is 2.35. The number of rotatable bonds is 3. The topological polar surface area (TPSA) is 58.7 Å². The summed E-state index contributed by atoms with van der Waals surface area (Å²) >= 11 is 3.11. The van der Waals surface area contributed by atoms with Crippen molar-refractivity contribution < 1.29 is 9.18 Å². The first kappa shape index (κ1) is 12.6. The summed E-state index contributed by atoms with van der Waals surface area (Å²) in [6, 6.07) is 4.03. The Morgan fingerprint density at radius 2 is 2.21 bits per heavy atom. The van der Waals surface area contributed by atoms with Gasteiger partial charge in [-0.15, -0.1) is 0 Å². The van der Waals surface area contributed by atoms with Crippen LogP contribution in [0, 0.1) is 11.7 Å². The van der Waals surface area contributed by atoms with Crippen LogP contribution in [0.15, 0.2) is 27.7 Å². The molecule has 0 saturated heterocycles. The van der Waals surface area contributed by atoms with Crippen LogP contribution in [0.3, 0.4) is 0 Å². The van der Waals surface area contributed by atoms with Crippen molar-refractivity contribution in [2.75, 3.05) is 6.54 Å². The van der Waals surface area contributed by atoms with E-state index >= 15 is 0 Å². The van der Waals surface area contributed by atoms with Gasteiger partial charge in [0.05, 0.1) is 4.47 Å². The quantitative estimate of drug-likeness (QED) is 0.928. The third-order valence-electron chi connectivity index (χ3n) is 3.47. The van der Waals surface area contributed by atoms with Gasteiger partial charge in [0, 0.05) is 6.54 Å². The third kappa shape index (κ3) is 2.36. The van der Waals surface area contributed by atoms with E-state index in [0.717, 1.165) is 12.8 Å². The number of hydrogen-bond acceptors (Lipinski definition) is 2. The van der Waals surface area contributed by atoms with Crippen LogP contribution in [0.4, 0.5) is 9.18 Å². The number of carbonyl (C=O) groups excluding carboxylic acids is 1. The molecule has 2 amide bonds. The number of benzene rings is 1. The zero-order chi connectivity index (χ0) is 13.6. The molecule has 1 heterocycles. The monoisotopic (exact) mass is 325 g/mol. The Morgan fingerprint density at radius 1 is 1.47 bits per heavy atom. The lowest BCUT2D eigenvalue weighted by Gasteiger charge is -2.24. The molecule has 2 N–H and O–H groups in total. The zero-order valence-electron chi connectivity index (χ0n) is 10.1. The molecule has 1 saturated carbocycles. The number of amidine groups is 1. The van der Waals surface area contributed by atoms with E-state index in [1.165, 1.54) is 6.07 Å². The molecular formula is C13H13BrFN3O. The van der Waals surface area contributed by atoms with Crippen LogP contribution in [-0.2, 0) is 0 Å². The molecule has 0 spiro atoms. The Hall–Kier alpha value is -1.43. The van der Waals surface area contributed by atoms with Crippen LogP contribution >= 0.6 is 15.9 Å². The van der Waals surface area contributed by atoms with E-state index < -0.39 is 6.04 Å². The first-order valence-electron chi connectivity index (χ1n) is 6.16. The minimum atomic E-state index is -0.435. The summed E-state index contributed by atoms with van der Waals surface area (Å²) in [5.41, 5.74) is 6.49. The minimum Gasteiger partial charge on any atom is -0.385 e. The van der Waals surface area contributed by atoms with Gasteiger partial charge in [0.15, 0.2) is 0 Å². The molecule has 0 aromatic heterocycles. The number of nitrogens with zero attached hydrogens (tertiary/aromatic N) is 2. The second kappa shape index (κ2) is 4.59. The van der Waals surface area contributed by atoms with Gasteiger partial charge in [0.25, 0.3) is 0 Å². The average Bonchev–Trinajstić information content (AvgIpc) is 3.11. The van der Waals surface area contributed by atoms with E-state index in [4.69, 9.17) is 5.73 Å². The smallest absolute Gasteiger partial charge is 0.346 e. The van der Waals surface area contributed by atoms with Gasteiger partial charge in [-0.3, -0.25) is 0 Å². The van der Waals surface area contributed by atoms with E-state index in [-0.39, 0.29) is 17.7 Å². The lowest BCUT2D eigenvalue weighted by atomic mass is 10.0. The van der Waals surface area contributed by atoms with Crippen molar-refractivity contribution in [1.82, 2.24) is 4.90 Å². The van der Waals surface area contributed by atoms with Gasteiger partial charge in [-0.25, -0.2) is 9.18 Å². The molecule has 2 aliphatic rings. The van der Waals surface area contributed by atoms with Crippen LogP contribution in [0.2, 0.25) is 0 Å². The molecule has 4 nitrogen and oxygen atoms in total. The van der Waals surface area contributed by atoms with Gasteiger partial charge in [-0.05, 0) is 52.4 Å². The van der Waals surface area contributed by atoms with Crippen LogP contribution in [-0.4, -0.2) is 23.3 Å². The molecule has 3 rings (SSSR count). The fraction of sp³-hybridized carbons (Fsp3) is 0.385. The Balaban J connectivity index is 1.92. The maximum absolute atomic E-state index is 13.6. The van der Waals surface area contributed by atoms with Crippen LogP contribution in [0.1, 0.15) is 24.4 Å². The van der Waals surface area contributed by atoms with E-state index in [0.29, 0.717) is 22.5 Å². The average molecular weight is 326 g/mol. The highest BCUT2D eigenvalue weighted by atomic mass is 79.9. The van der Waals surface area contributed by atoms with Gasteiger partial charge in [0.1, 0.15) is 17.7 Å². The fourth-order valence-electron chi connectivity index (χ4n) is 2.30. The maximum atomic E-state index is 13.6. The predicted octanol–water partition coefficient (Wildman–Crippen LogP) is 2.83. The summed E-state index contributed by atoms with van der Waals surface area (Å²) in [6.45, 7) is 0.644. The molecule has 1 atom stereocenters. The predicted molar refractivity (Wildman–Crippen MR) is 73.3 cm³/mol. The zero-order valence-corrected chi connectivity index (χ0v) is 11.7. The molecule has 19 heavy (non-hydrogen) atoms. The largest absolute Gasteiger partial charge is 0.385 e. The molecule has 1 aromatic rings. The van der Waals surface area contributed by atoms with Crippen molar-refractivity contribution in [3.05, 3.63) is 34.1 Å². The van der Waals surface area contributed by atoms with Crippen LogP contribution in [0.25, 0.3) is 0 Å². The Kier molecular flexibility index (Phi) is 3.05. The molecule has 0 bridgehead atoms. The summed E-state index contributed by atoms with van der Waals surface area (Å²) in [5.74, 6) is 0.413. The summed E-state index contributed by atoms with van der Waals surface area (Å²) < 4.78 is 14.0. The highest BCUT2D eigenvalue weighted by Gasteiger charge is 2.38. The molecule has 1 aliphatic heterocycles.